The molecule has 1 N–H and O–H groups in total. The quantitative estimate of drug-likeness (QED) is 0.797. The van der Waals surface area contributed by atoms with Gasteiger partial charge in [0.2, 0.25) is 5.91 Å². The minimum atomic E-state index is 0.153. The van der Waals surface area contributed by atoms with Crippen LogP contribution in [0.3, 0.4) is 0 Å². The number of rotatable bonds is 8. The number of nitrogens with one attached hydrogen (secondary N) is 1. The molecule has 0 aliphatic carbocycles. The highest BCUT2D eigenvalue weighted by Crippen LogP contribution is 2.18. The maximum absolute atomic E-state index is 12.2. The molecular formula is C18H29N3O. The summed E-state index contributed by atoms with van der Waals surface area (Å²) in [6, 6.07) is 10.5. The van der Waals surface area contributed by atoms with Crippen molar-refractivity contribution < 1.29 is 4.79 Å². The van der Waals surface area contributed by atoms with Gasteiger partial charge in [-0.15, -0.1) is 0 Å². The summed E-state index contributed by atoms with van der Waals surface area (Å²) < 4.78 is 0. The van der Waals surface area contributed by atoms with Gasteiger partial charge in [-0.2, -0.15) is 0 Å². The van der Waals surface area contributed by atoms with E-state index < -0.39 is 0 Å². The number of hydrogen-bond donors (Lipinski definition) is 1. The van der Waals surface area contributed by atoms with Crippen LogP contribution < -0.4 is 5.32 Å². The zero-order chi connectivity index (χ0) is 15.8. The second-order valence-electron chi connectivity index (χ2n) is 6.02. The fourth-order valence-electron chi connectivity index (χ4n) is 3.05. The summed E-state index contributed by atoms with van der Waals surface area (Å²) in [5.74, 6) is 0.378. The van der Waals surface area contributed by atoms with Crippen molar-refractivity contribution in [3.63, 3.8) is 0 Å². The molecule has 4 heteroatoms. The molecular weight excluding hydrogens is 274 g/mol. The van der Waals surface area contributed by atoms with Crippen LogP contribution in [0.15, 0.2) is 30.3 Å². The van der Waals surface area contributed by atoms with Crippen LogP contribution in [0.25, 0.3) is 0 Å². The van der Waals surface area contributed by atoms with Gasteiger partial charge in [-0.1, -0.05) is 44.2 Å². The second-order valence-corrected chi connectivity index (χ2v) is 6.02. The molecule has 0 radical (unpaired) electrons. The molecule has 0 saturated carbocycles. The molecule has 0 aromatic heterocycles. The average Bonchev–Trinajstić information content (AvgIpc) is 3.01. The third-order valence-electron chi connectivity index (χ3n) is 4.51. The van der Waals surface area contributed by atoms with Crippen LogP contribution in [0.1, 0.15) is 25.8 Å². The maximum Gasteiger partial charge on any atom is 0.224 e. The summed E-state index contributed by atoms with van der Waals surface area (Å²) in [7, 11) is 0. The largest absolute Gasteiger partial charge is 0.355 e. The molecule has 1 heterocycles. The molecule has 1 atom stereocenters. The number of carbonyl (C=O) groups excluding carboxylic acids is 1. The van der Waals surface area contributed by atoms with Crippen molar-refractivity contribution in [2.75, 3.05) is 39.3 Å². The molecule has 0 spiro atoms. The van der Waals surface area contributed by atoms with E-state index in [1.54, 1.807) is 0 Å². The monoisotopic (exact) mass is 303 g/mol. The first-order valence-electron chi connectivity index (χ1n) is 8.49. The van der Waals surface area contributed by atoms with Crippen LogP contribution >= 0.6 is 0 Å². The maximum atomic E-state index is 12.2. The van der Waals surface area contributed by atoms with E-state index in [1.165, 1.54) is 5.56 Å². The number of amides is 1. The Morgan fingerprint density at radius 1 is 1.27 bits per heavy atom. The van der Waals surface area contributed by atoms with Crippen molar-refractivity contribution in [3.05, 3.63) is 35.9 Å². The Balaban J connectivity index is 1.70. The summed E-state index contributed by atoms with van der Waals surface area (Å²) >= 11 is 0. The molecule has 2 rings (SSSR count). The fourth-order valence-corrected chi connectivity index (χ4v) is 3.05. The molecule has 1 aromatic carbocycles. The number of likely N-dealkylation sites (tertiary alicyclic amines) is 1. The Labute approximate surface area is 134 Å². The first-order valence-corrected chi connectivity index (χ1v) is 8.49. The minimum absolute atomic E-state index is 0.153. The molecule has 0 bridgehead atoms. The average molecular weight is 303 g/mol. The molecule has 122 valence electrons. The fraction of sp³-hybridized carbons (Fsp3) is 0.611. The third kappa shape index (κ3) is 5.11. The standard InChI is InChI=1S/C18H29N3O/c1-3-20(4-2)13-11-19-18(22)17-10-12-21(15-17)14-16-8-6-5-7-9-16/h5-9,17H,3-4,10-15H2,1-2H3,(H,19,22). The highest BCUT2D eigenvalue weighted by molar-refractivity contribution is 5.79. The Kier molecular flexibility index (Phi) is 6.87. The highest BCUT2D eigenvalue weighted by Gasteiger charge is 2.27. The molecule has 1 aliphatic rings. The first-order chi connectivity index (χ1) is 10.7. The Morgan fingerprint density at radius 2 is 2.00 bits per heavy atom. The van der Waals surface area contributed by atoms with Crippen LogP contribution in [-0.4, -0.2) is 55.0 Å². The number of carbonyl (C=O) groups is 1. The van der Waals surface area contributed by atoms with Crippen LogP contribution in [0.2, 0.25) is 0 Å². The van der Waals surface area contributed by atoms with Gasteiger partial charge >= 0.3 is 0 Å². The normalized spacial score (nSPS) is 18.8. The topological polar surface area (TPSA) is 35.6 Å². The van der Waals surface area contributed by atoms with Gasteiger partial charge in [0.05, 0.1) is 5.92 Å². The van der Waals surface area contributed by atoms with E-state index in [4.69, 9.17) is 0 Å². The van der Waals surface area contributed by atoms with Gasteiger partial charge in [0, 0.05) is 26.2 Å². The van der Waals surface area contributed by atoms with Crippen molar-refractivity contribution in [2.24, 2.45) is 5.92 Å². The molecule has 4 nitrogen and oxygen atoms in total. The van der Waals surface area contributed by atoms with Gasteiger partial charge < -0.3 is 10.2 Å². The van der Waals surface area contributed by atoms with Crippen LogP contribution in [0.5, 0.6) is 0 Å². The van der Waals surface area contributed by atoms with E-state index in [9.17, 15) is 4.79 Å². The van der Waals surface area contributed by atoms with Crippen molar-refractivity contribution >= 4 is 5.91 Å². The summed E-state index contributed by atoms with van der Waals surface area (Å²) in [5.41, 5.74) is 1.32. The Hall–Kier alpha value is -1.39. The predicted molar refractivity (Wildman–Crippen MR) is 90.6 cm³/mol. The van der Waals surface area contributed by atoms with Crippen molar-refractivity contribution in [1.29, 1.82) is 0 Å². The van der Waals surface area contributed by atoms with Crippen LogP contribution in [-0.2, 0) is 11.3 Å². The van der Waals surface area contributed by atoms with Crippen molar-refractivity contribution in [2.45, 2.75) is 26.8 Å². The third-order valence-corrected chi connectivity index (χ3v) is 4.51. The van der Waals surface area contributed by atoms with E-state index in [1.807, 2.05) is 6.07 Å². The summed E-state index contributed by atoms with van der Waals surface area (Å²) in [6.45, 7) is 10.9. The molecule has 1 unspecified atom stereocenters. The molecule has 1 aliphatic heterocycles. The first kappa shape index (κ1) is 17.0. The predicted octanol–water partition coefficient (Wildman–Crippen LogP) is 1.97. The molecule has 1 fully saturated rings. The van der Waals surface area contributed by atoms with Gasteiger partial charge in [-0.05, 0) is 31.6 Å². The van der Waals surface area contributed by atoms with Gasteiger partial charge in [0.15, 0.2) is 0 Å². The lowest BCUT2D eigenvalue weighted by Crippen LogP contribution is -2.38. The van der Waals surface area contributed by atoms with Gasteiger partial charge in [0.1, 0.15) is 0 Å². The van der Waals surface area contributed by atoms with Gasteiger partial charge in [0.25, 0.3) is 0 Å². The van der Waals surface area contributed by atoms with Crippen LogP contribution in [0.4, 0.5) is 0 Å². The number of nitrogens with zero attached hydrogens (tertiary/aromatic N) is 2. The summed E-state index contributed by atoms with van der Waals surface area (Å²) in [4.78, 5) is 17.0. The summed E-state index contributed by atoms with van der Waals surface area (Å²) in [6.07, 6.45) is 0.976. The number of benzene rings is 1. The van der Waals surface area contributed by atoms with Gasteiger partial charge in [-0.3, -0.25) is 9.69 Å². The Bertz CT molecular complexity index is 445. The SMILES string of the molecule is CCN(CC)CCNC(=O)C1CCN(Cc2ccccc2)C1. The van der Waals surface area contributed by atoms with E-state index in [0.29, 0.717) is 0 Å². The lowest BCUT2D eigenvalue weighted by molar-refractivity contribution is -0.124. The highest BCUT2D eigenvalue weighted by atomic mass is 16.1. The Morgan fingerprint density at radius 3 is 2.68 bits per heavy atom. The van der Waals surface area contributed by atoms with Crippen molar-refractivity contribution in [1.82, 2.24) is 15.1 Å². The second kappa shape index (κ2) is 8.91. The van der Waals surface area contributed by atoms with Crippen LogP contribution in [0, 0.1) is 5.92 Å². The zero-order valence-electron chi connectivity index (χ0n) is 13.9. The number of hydrogen-bond acceptors (Lipinski definition) is 3. The van der Waals surface area contributed by atoms with E-state index in [0.717, 1.165) is 52.2 Å². The minimum Gasteiger partial charge on any atom is -0.355 e. The lowest BCUT2D eigenvalue weighted by Gasteiger charge is -2.19. The smallest absolute Gasteiger partial charge is 0.224 e. The van der Waals surface area contributed by atoms with E-state index in [-0.39, 0.29) is 11.8 Å². The zero-order valence-corrected chi connectivity index (χ0v) is 13.9. The van der Waals surface area contributed by atoms with E-state index in [2.05, 4.69) is 53.2 Å². The van der Waals surface area contributed by atoms with Crippen molar-refractivity contribution in [3.8, 4) is 0 Å². The lowest BCUT2D eigenvalue weighted by atomic mass is 10.1. The van der Waals surface area contributed by atoms with Gasteiger partial charge in [-0.25, -0.2) is 0 Å². The summed E-state index contributed by atoms with van der Waals surface area (Å²) in [5, 5.41) is 3.10. The molecule has 1 aromatic rings. The van der Waals surface area contributed by atoms with E-state index >= 15 is 0 Å². The molecule has 22 heavy (non-hydrogen) atoms. The molecule has 1 saturated heterocycles. The number of likely N-dealkylation sites (N-methyl/N-ethyl adjacent to an activating group) is 1. The molecule has 1 amide bonds.